The third-order valence-electron chi connectivity index (χ3n) is 6.89. The summed E-state index contributed by atoms with van der Waals surface area (Å²) in [4.78, 5) is 45.3. The Morgan fingerprint density at radius 3 is 2.77 bits per heavy atom. The Morgan fingerprint density at radius 1 is 1.31 bits per heavy atom. The van der Waals surface area contributed by atoms with Gasteiger partial charge in [0.15, 0.2) is 23.1 Å². The average Bonchev–Trinajstić information content (AvgIpc) is 3.66. The van der Waals surface area contributed by atoms with Gasteiger partial charge in [-0.25, -0.2) is 24.9 Å². The van der Waals surface area contributed by atoms with Crippen molar-refractivity contribution in [2.75, 3.05) is 36.8 Å². The molecule has 3 heterocycles. The SMILES string of the molecule is CSc1nc(NNC(=O)[C@@H](CC2CCCC2)CN(C=O)OC2CCCCO2)c(F)c(N(C)Cc2nccs2)n1. The van der Waals surface area contributed by atoms with Gasteiger partial charge in [-0.3, -0.25) is 20.4 Å². The van der Waals surface area contributed by atoms with Gasteiger partial charge in [0.25, 0.3) is 0 Å². The van der Waals surface area contributed by atoms with Crippen LogP contribution in [0.15, 0.2) is 16.7 Å². The highest BCUT2D eigenvalue weighted by molar-refractivity contribution is 7.98. The first-order chi connectivity index (χ1) is 19.0. The van der Waals surface area contributed by atoms with Crippen LogP contribution in [0.5, 0.6) is 0 Å². The molecule has 4 rings (SSSR count). The Morgan fingerprint density at radius 2 is 2.10 bits per heavy atom. The van der Waals surface area contributed by atoms with E-state index in [1.807, 2.05) is 5.38 Å². The highest BCUT2D eigenvalue weighted by Crippen LogP contribution is 2.31. The maximum Gasteiger partial charge on any atom is 0.243 e. The molecule has 1 saturated carbocycles. The summed E-state index contributed by atoms with van der Waals surface area (Å²) in [6, 6.07) is 0. The van der Waals surface area contributed by atoms with Gasteiger partial charge in [0.05, 0.1) is 19.0 Å². The molecule has 2 aromatic rings. The minimum atomic E-state index is -0.688. The van der Waals surface area contributed by atoms with E-state index in [0.29, 0.717) is 43.5 Å². The third-order valence-corrected chi connectivity index (χ3v) is 8.20. The maximum absolute atomic E-state index is 15.5. The molecule has 11 nitrogen and oxygen atoms in total. The fourth-order valence-corrected chi connectivity index (χ4v) is 5.89. The molecule has 0 spiro atoms. The van der Waals surface area contributed by atoms with Gasteiger partial charge in [-0.05, 0) is 31.4 Å². The standard InChI is InChI=1S/C25H36FN7O4S2/c1-32(15-19-27-10-12-39-19)23-21(26)22(28-25(29-23)38-2)30-31-24(35)18(13-17-7-3-4-8-17)14-33(16-34)37-20-9-5-6-11-36-20/h10,12,16-18,20H,3-9,11,13-15H2,1-2H3,(H,31,35)(H,28,29,30)/t18-,20?/m0/s1. The molecule has 1 aliphatic heterocycles. The summed E-state index contributed by atoms with van der Waals surface area (Å²) in [7, 11) is 1.72. The minimum Gasteiger partial charge on any atom is -0.350 e. The number of ether oxygens (including phenoxy) is 1. The normalized spacial score (nSPS) is 18.5. The lowest BCUT2D eigenvalue weighted by Gasteiger charge is -2.30. The Bertz CT molecular complexity index is 1070. The zero-order valence-corrected chi connectivity index (χ0v) is 23.9. The number of amides is 2. The number of hydrogen-bond acceptors (Lipinski definition) is 11. The zero-order chi connectivity index (χ0) is 27.6. The molecular weight excluding hydrogens is 545 g/mol. The summed E-state index contributed by atoms with van der Waals surface area (Å²) in [5.74, 6) is -1.29. The Kier molecular flexibility index (Phi) is 11.1. The van der Waals surface area contributed by atoms with Crippen LogP contribution in [0.1, 0.15) is 56.4 Å². The number of hydroxylamine groups is 2. The van der Waals surface area contributed by atoms with Crippen LogP contribution in [0.25, 0.3) is 0 Å². The Balaban J connectivity index is 1.44. The van der Waals surface area contributed by atoms with Crippen LogP contribution in [0.3, 0.4) is 0 Å². The molecule has 2 N–H and O–H groups in total. The van der Waals surface area contributed by atoms with E-state index < -0.39 is 18.0 Å². The lowest BCUT2D eigenvalue weighted by molar-refractivity contribution is -0.276. The molecule has 214 valence electrons. The van der Waals surface area contributed by atoms with Gasteiger partial charge in [0, 0.05) is 31.7 Å². The minimum absolute atomic E-state index is 0.0670. The number of hydrazine groups is 1. The van der Waals surface area contributed by atoms with E-state index >= 15 is 4.39 Å². The maximum atomic E-state index is 15.5. The molecule has 2 atom stereocenters. The second kappa shape index (κ2) is 14.7. The summed E-state index contributed by atoms with van der Waals surface area (Å²) in [6.07, 6.45) is 11.1. The van der Waals surface area contributed by atoms with Crippen molar-refractivity contribution < 1.29 is 23.6 Å². The van der Waals surface area contributed by atoms with Gasteiger partial charge in [-0.1, -0.05) is 37.4 Å². The first kappa shape index (κ1) is 29.4. The van der Waals surface area contributed by atoms with Crippen LogP contribution in [-0.2, 0) is 25.7 Å². The second-order valence-electron chi connectivity index (χ2n) is 9.78. The summed E-state index contributed by atoms with van der Waals surface area (Å²) in [5, 5.41) is 4.18. The summed E-state index contributed by atoms with van der Waals surface area (Å²) in [5.41, 5.74) is 5.29. The molecule has 39 heavy (non-hydrogen) atoms. The zero-order valence-electron chi connectivity index (χ0n) is 22.3. The molecular formula is C25H36FN7O4S2. The van der Waals surface area contributed by atoms with Crippen molar-refractivity contribution in [2.45, 2.75) is 69.4 Å². The summed E-state index contributed by atoms with van der Waals surface area (Å²) >= 11 is 2.74. The number of thioether (sulfide) groups is 1. The summed E-state index contributed by atoms with van der Waals surface area (Å²) < 4.78 is 21.1. The summed E-state index contributed by atoms with van der Waals surface area (Å²) in [6.45, 7) is 1.02. The fraction of sp³-hybridized carbons (Fsp3) is 0.640. The number of aromatic nitrogens is 3. The monoisotopic (exact) mass is 581 g/mol. The van der Waals surface area contributed by atoms with E-state index in [0.717, 1.165) is 48.6 Å². The van der Waals surface area contributed by atoms with Gasteiger partial charge >= 0.3 is 0 Å². The number of carbonyl (C=O) groups excluding carboxylic acids is 2. The van der Waals surface area contributed by atoms with Crippen LogP contribution in [-0.4, -0.2) is 65.1 Å². The predicted molar refractivity (Wildman–Crippen MR) is 147 cm³/mol. The fourth-order valence-electron chi connectivity index (χ4n) is 4.86. The Labute approximate surface area is 236 Å². The van der Waals surface area contributed by atoms with E-state index in [1.165, 1.54) is 23.1 Å². The number of halogens is 1. The van der Waals surface area contributed by atoms with Crippen molar-refractivity contribution in [1.82, 2.24) is 25.4 Å². The topological polar surface area (TPSA) is 122 Å². The second-order valence-corrected chi connectivity index (χ2v) is 11.5. The molecule has 2 aliphatic rings. The molecule has 14 heteroatoms. The molecule has 2 aromatic heterocycles. The smallest absolute Gasteiger partial charge is 0.243 e. The molecule has 1 saturated heterocycles. The van der Waals surface area contributed by atoms with Crippen molar-refractivity contribution in [3.05, 3.63) is 22.4 Å². The van der Waals surface area contributed by atoms with E-state index in [2.05, 4.69) is 25.8 Å². The van der Waals surface area contributed by atoms with Crippen molar-refractivity contribution in [3.63, 3.8) is 0 Å². The Hall–Kier alpha value is -2.55. The first-order valence-corrected chi connectivity index (χ1v) is 15.3. The van der Waals surface area contributed by atoms with Gasteiger partial charge in [-0.2, -0.15) is 4.39 Å². The predicted octanol–water partition coefficient (Wildman–Crippen LogP) is 3.99. The van der Waals surface area contributed by atoms with Gasteiger partial charge in [-0.15, -0.1) is 11.3 Å². The van der Waals surface area contributed by atoms with Crippen molar-refractivity contribution >= 4 is 47.1 Å². The van der Waals surface area contributed by atoms with E-state index in [1.54, 1.807) is 24.4 Å². The van der Waals surface area contributed by atoms with E-state index in [9.17, 15) is 9.59 Å². The van der Waals surface area contributed by atoms with Crippen molar-refractivity contribution in [3.8, 4) is 0 Å². The number of nitrogens with one attached hydrogen (secondary N) is 2. The molecule has 1 aliphatic carbocycles. The average molecular weight is 582 g/mol. The van der Waals surface area contributed by atoms with Crippen molar-refractivity contribution in [2.24, 2.45) is 11.8 Å². The van der Waals surface area contributed by atoms with Gasteiger partial charge in [0.1, 0.15) is 5.01 Å². The van der Waals surface area contributed by atoms with Crippen LogP contribution in [0.4, 0.5) is 16.0 Å². The van der Waals surface area contributed by atoms with Crippen LogP contribution in [0.2, 0.25) is 0 Å². The molecule has 0 radical (unpaired) electrons. The lowest BCUT2D eigenvalue weighted by atomic mass is 9.92. The number of rotatable bonds is 14. The number of thiazole rings is 1. The van der Waals surface area contributed by atoms with Crippen LogP contribution >= 0.6 is 23.1 Å². The lowest BCUT2D eigenvalue weighted by Crippen LogP contribution is -2.43. The van der Waals surface area contributed by atoms with Crippen LogP contribution in [0, 0.1) is 17.7 Å². The van der Waals surface area contributed by atoms with E-state index in [4.69, 9.17) is 9.57 Å². The molecule has 0 bridgehead atoms. The van der Waals surface area contributed by atoms with Gasteiger partial charge in [0.2, 0.25) is 18.1 Å². The highest BCUT2D eigenvalue weighted by Gasteiger charge is 2.29. The number of anilines is 2. The highest BCUT2D eigenvalue weighted by atomic mass is 32.2. The number of hydrogen-bond donors (Lipinski definition) is 2. The number of nitrogens with zero attached hydrogens (tertiary/aromatic N) is 5. The molecule has 2 amide bonds. The third kappa shape index (κ3) is 8.47. The van der Waals surface area contributed by atoms with E-state index in [-0.39, 0.29) is 24.1 Å². The molecule has 0 aromatic carbocycles. The number of carbonyl (C=O) groups is 2. The largest absolute Gasteiger partial charge is 0.350 e. The quantitative estimate of drug-likeness (QED) is 0.147. The first-order valence-electron chi connectivity index (χ1n) is 13.2. The molecule has 2 fully saturated rings. The van der Waals surface area contributed by atoms with Gasteiger partial charge < -0.3 is 9.64 Å². The van der Waals surface area contributed by atoms with Crippen LogP contribution < -0.4 is 15.8 Å². The van der Waals surface area contributed by atoms with Crippen molar-refractivity contribution in [1.29, 1.82) is 0 Å². The molecule has 1 unspecified atom stereocenters.